The fourth-order valence-corrected chi connectivity index (χ4v) is 0.824. The Morgan fingerprint density at radius 1 is 1.00 bits per heavy atom. The molecule has 76 valence electrons. The summed E-state index contributed by atoms with van der Waals surface area (Å²) >= 11 is 3.53. The van der Waals surface area contributed by atoms with Crippen molar-refractivity contribution in [3.8, 4) is 0 Å². The first-order valence-electron chi connectivity index (χ1n) is 4.83. The fourth-order valence-electron chi connectivity index (χ4n) is 0.824. The van der Waals surface area contributed by atoms with E-state index in [2.05, 4.69) is 50.7 Å². The SMILES string of the molecule is CC.CCc1ccc(C)cc1.CS. The van der Waals surface area contributed by atoms with Gasteiger partial charge in [0.1, 0.15) is 0 Å². The smallest absolute Gasteiger partial charge is 0.0215 e. The molecular formula is C12H22S. The van der Waals surface area contributed by atoms with Gasteiger partial charge in [0.15, 0.2) is 0 Å². The summed E-state index contributed by atoms with van der Waals surface area (Å²) in [5, 5.41) is 0. The molecule has 0 radical (unpaired) electrons. The highest BCUT2D eigenvalue weighted by Gasteiger charge is 1.84. The molecule has 0 saturated carbocycles. The van der Waals surface area contributed by atoms with Gasteiger partial charge in [-0.05, 0) is 25.2 Å². The van der Waals surface area contributed by atoms with Crippen LogP contribution in [0.3, 0.4) is 0 Å². The lowest BCUT2D eigenvalue weighted by atomic mass is 10.1. The monoisotopic (exact) mass is 198 g/mol. The fraction of sp³-hybridized carbons (Fsp3) is 0.500. The van der Waals surface area contributed by atoms with E-state index in [0.717, 1.165) is 6.42 Å². The van der Waals surface area contributed by atoms with Gasteiger partial charge in [-0.3, -0.25) is 0 Å². The summed E-state index contributed by atoms with van der Waals surface area (Å²) < 4.78 is 0. The Balaban J connectivity index is 0. The maximum Gasteiger partial charge on any atom is -0.0215 e. The lowest BCUT2D eigenvalue weighted by molar-refractivity contribution is 1.14. The Kier molecular flexibility index (Phi) is 13.4. The van der Waals surface area contributed by atoms with Gasteiger partial charge in [-0.25, -0.2) is 0 Å². The summed E-state index contributed by atoms with van der Waals surface area (Å²) in [7, 11) is 0. The van der Waals surface area contributed by atoms with E-state index in [9.17, 15) is 0 Å². The minimum Gasteiger partial charge on any atom is -0.183 e. The highest BCUT2D eigenvalue weighted by atomic mass is 32.1. The van der Waals surface area contributed by atoms with E-state index in [0.29, 0.717) is 0 Å². The first-order valence-corrected chi connectivity index (χ1v) is 5.72. The Bertz CT molecular complexity index is 177. The predicted molar refractivity (Wildman–Crippen MR) is 66.8 cm³/mol. The van der Waals surface area contributed by atoms with Crippen LogP contribution >= 0.6 is 12.6 Å². The van der Waals surface area contributed by atoms with Crippen molar-refractivity contribution in [3.05, 3.63) is 35.4 Å². The van der Waals surface area contributed by atoms with Crippen LogP contribution in [-0.4, -0.2) is 6.26 Å². The zero-order valence-electron chi connectivity index (χ0n) is 9.46. The van der Waals surface area contributed by atoms with Crippen LogP contribution in [0, 0.1) is 6.92 Å². The van der Waals surface area contributed by atoms with E-state index in [1.165, 1.54) is 11.1 Å². The second-order valence-electron chi connectivity index (χ2n) is 2.34. The zero-order valence-corrected chi connectivity index (χ0v) is 10.4. The molecule has 0 heterocycles. The topological polar surface area (TPSA) is 0 Å². The summed E-state index contributed by atoms with van der Waals surface area (Å²) in [6.07, 6.45) is 2.83. The van der Waals surface area contributed by atoms with Gasteiger partial charge in [0.2, 0.25) is 0 Å². The molecule has 0 atom stereocenters. The summed E-state index contributed by atoms with van der Waals surface area (Å²) in [5.41, 5.74) is 2.76. The van der Waals surface area contributed by atoms with Crippen LogP contribution in [0.25, 0.3) is 0 Å². The van der Waals surface area contributed by atoms with Crippen molar-refractivity contribution in [1.29, 1.82) is 0 Å². The van der Waals surface area contributed by atoms with Gasteiger partial charge in [-0.15, -0.1) is 0 Å². The number of benzene rings is 1. The summed E-state index contributed by atoms with van der Waals surface area (Å²) in [5.74, 6) is 0. The summed E-state index contributed by atoms with van der Waals surface area (Å²) in [6.45, 7) is 8.28. The van der Waals surface area contributed by atoms with Crippen molar-refractivity contribution < 1.29 is 0 Å². The Morgan fingerprint density at radius 2 is 1.38 bits per heavy atom. The Labute approximate surface area is 88.8 Å². The van der Waals surface area contributed by atoms with Crippen molar-refractivity contribution in [1.82, 2.24) is 0 Å². The van der Waals surface area contributed by atoms with Crippen LogP contribution in [0.2, 0.25) is 0 Å². The molecule has 1 aromatic rings. The normalized spacial score (nSPS) is 7.54. The molecule has 1 heteroatoms. The van der Waals surface area contributed by atoms with E-state index in [1.54, 1.807) is 6.26 Å². The third-order valence-electron chi connectivity index (χ3n) is 1.53. The van der Waals surface area contributed by atoms with Gasteiger partial charge in [-0.1, -0.05) is 50.6 Å². The van der Waals surface area contributed by atoms with Crippen molar-refractivity contribution >= 4 is 12.6 Å². The molecule has 0 aromatic heterocycles. The lowest BCUT2D eigenvalue weighted by Crippen LogP contribution is -1.77. The van der Waals surface area contributed by atoms with Crippen LogP contribution in [-0.2, 0) is 6.42 Å². The quantitative estimate of drug-likeness (QED) is 0.644. The van der Waals surface area contributed by atoms with Crippen molar-refractivity contribution in [3.63, 3.8) is 0 Å². The van der Waals surface area contributed by atoms with Crippen LogP contribution < -0.4 is 0 Å². The van der Waals surface area contributed by atoms with Gasteiger partial charge >= 0.3 is 0 Å². The highest BCUT2D eigenvalue weighted by Crippen LogP contribution is 2.02. The number of aryl methyl sites for hydroxylation is 2. The molecule has 0 fully saturated rings. The number of hydrogen-bond acceptors (Lipinski definition) is 1. The maximum atomic E-state index is 3.53. The maximum absolute atomic E-state index is 3.53. The van der Waals surface area contributed by atoms with Gasteiger partial charge in [0.05, 0.1) is 0 Å². The first kappa shape index (κ1) is 15.1. The number of rotatable bonds is 1. The van der Waals surface area contributed by atoms with E-state index in [1.807, 2.05) is 13.8 Å². The first-order chi connectivity index (χ1) is 6.33. The average molecular weight is 198 g/mol. The van der Waals surface area contributed by atoms with Crippen LogP contribution in [0.15, 0.2) is 24.3 Å². The molecule has 0 nitrogen and oxygen atoms in total. The molecule has 0 N–H and O–H groups in total. The second kappa shape index (κ2) is 11.6. The van der Waals surface area contributed by atoms with Gasteiger partial charge in [0.25, 0.3) is 0 Å². The molecule has 0 unspecified atom stereocenters. The minimum atomic E-state index is 1.14. The van der Waals surface area contributed by atoms with E-state index < -0.39 is 0 Å². The van der Waals surface area contributed by atoms with E-state index in [4.69, 9.17) is 0 Å². The number of thiol groups is 1. The van der Waals surface area contributed by atoms with Gasteiger partial charge < -0.3 is 0 Å². The van der Waals surface area contributed by atoms with Crippen LogP contribution in [0.4, 0.5) is 0 Å². The molecule has 0 spiro atoms. The minimum absolute atomic E-state index is 1.14. The third-order valence-corrected chi connectivity index (χ3v) is 1.53. The summed E-state index contributed by atoms with van der Waals surface area (Å²) in [6, 6.07) is 8.66. The molecule has 1 rings (SSSR count). The molecule has 0 aliphatic heterocycles. The Hall–Kier alpha value is -0.430. The predicted octanol–water partition coefficient (Wildman–Crippen LogP) is 4.13. The molecule has 0 saturated heterocycles. The largest absolute Gasteiger partial charge is 0.183 e. The molecular weight excluding hydrogens is 176 g/mol. The van der Waals surface area contributed by atoms with Crippen LogP contribution in [0.1, 0.15) is 31.9 Å². The highest BCUT2D eigenvalue weighted by molar-refractivity contribution is 7.79. The van der Waals surface area contributed by atoms with Gasteiger partial charge in [-0.2, -0.15) is 12.6 Å². The van der Waals surface area contributed by atoms with E-state index in [-0.39, 0.29) is 0 Å². The van der Waals surface area contributed by atoms with Crippen molar-refractivity contribution in [2.24, 2.45) is 0 Å². The molecule has 0 bridgehead atoms. The zero-order chi connectivity index (χ0) is 10.7. The van der Waals surface area contributed by atoms with Crippen molar-refractivity contribution in [2.75, 3.05) is 6.26 Å². The standard InChI is InChI=1S/C9H12.C2H6.CH4S/c1-3-9-6-4-8(2)5-7-9;2*1-2/h4-7H,3H2,1-2H3;1-2H3;2H,1H3. The van der Waals surface area contributed by atoms with E-state index >= 15 is 0 Å². The average Bonchev–Trinajstić information content (AvgIpc) is 2.25. The molecule has 0 aliphatic rings. The molecule has 0 aliphatic carbocycles. The molecule has 0 amide bonds. The summed E-state index contributed by atoms with van der Waals surface area (Å²) in [4.78, 5) is 0. The van der Waals surface area contributed by atoms with Crippen molar-refractivity contribution in [2.45, 2.75) is 34.1 Å². The lowest BCUT2D eigenvalue weighted by Gasteiger charge is -1.94. The van der Waals surface area contributed by atoms with Crippen LogP contribution in [0.5, 0.6) is 0 Å². The third kappa shape index (κ3) is 7.92. The molecule has 13 heavy (non-hydrogen) atoms. The Morgan fingerprint density at radius 3 is 1.69 bits per heavy atom. The van der Waals surface area contributed by atoms with Gasteiger partial charge in [0, 0.05) is 0 Å². The number of hydrogen-bond donors (Lipinski definition) is 1. The second-order valence-corrected chi connectivity index (χ2v) is 2.34. The molecule has 1 aromatic carbocycles.